The zero-order valence-electron chi connectivity index (χ0n) is 15.6. The lowest BCUT2D eigenvalue weighted by Gasteiger charge is -2.26. The molecule has 0 bridgehead atoms. The van der Waals surface area contributed by atoms with Gasteiger partial charge in [0.2, 0.25) is 0 Å². The second-order valence-electron chi connectivity index (χ2n) is 6.51. The molecule has 0 fully saturated rings. The molecule has 0 unspecified atom stereocenters. The first-order chi connectivity index (χ1) is 13.6. The summed E-state index contributed by atoms with van der Waals surface area (Å²) in [6.45, 7) is 1.11. The second kappa shape index (κ2) is 7.47. The van der Waals surface area contributed by atoms with Crippen LogP contribution in [0.5, 0.6) is 5.75 Å². The van der Waals surface area contributed by atoms with Gasteiger partial charge in [-0.3, -0.25) is 14.7 Å². The van der Waals surface area contributed by atoms with E-state index in [0.29, 0.717) is 29.4 Å². The molecule has 2 amide bonds. The Morgan fingerprint density at radius 2 is 2.14 bits per heavy atom. The zero-order valence-corrected chi connectivity index (χ0v) is 16.4. The van der Waals surface area contributed by atoms with Gasteiger partial charge < -0.3 is 15.0 Å². The lowest BCUT2D eigenvalue weighted by molar-refractivity contribution is 0.0730. The normalized spacial score (nSPS) is 13.1. The highest BCUT2D eigenvalue weighted by atomic mass is 32.1. The molecule has 1 aromatic carbocycles. The van der Waals surface area contributed by atoms with Crippen LogP contribution in [0.1, 0.15) is 30.6 Å². The van der Waals surface area contributed by atoms with Crippen molar-refractivity contribution in [3.05, 3.63) is 57.4 Å². The number of thiophene rings is 1. The quantitative estimate of drug-likeness (QED) is 0.710. The standard InChI is InChI=1S/C20H20N4O3S/c1-21-19(25)18-9-13-11-24(7-6-17(13)28-18)20(26)16-10-15(22-23-16)12-4-3-5-14(8-12)27-2/h3-5,8-10H,6-7,11H2,1-2H3,(H,21,25)(H,22,23). The lowest BCUT2D eigenvalue weighted by Crippen LogP contribution is -2.35. The molecule has 144 valence electrons. The molecular formula is C20H20N4O3S. The molecule has 3 heterocycles. The molecule has 7 nitrogen and oxygen atoms in total. The summed E-state index contributed by atoms with van der Waals surface area (Å²) in [5, 5.41) is 9.78. The fourth-order valence-electron chi connectivity index (χ4n) is 3.27. The molecule has 0 atom stereocenters. The molecule has 2 N–H and O–H groups in total. The maximum atomic E-state index is 12.9. The Morgan fingerprint density at radius 1 is 1.29 bits per heavy atom. The molecule has 0 radical (unpaired) electrons. The number of hydrogen-bond acceptors (Lipinski definition) is 5. The molecule has 1 aliphatic rings. The molecule has 1 aliphatic heterocycles. The summed E-state index contributed by atoms with van der Waals surface area (Å²) in [5.74, 6) is 0.551. The van der Waals surface area contributed by atoms with Crippen LogP contribution in [0.25, 0.3) is 11.3 Å². The fourth-order valence-corrected chi connectivity index (χ4v) is 4.38. The Hall–Kier alpha value is -3.13. The van der Waals surface area contributed by atoms with E-state index in [2.05, 4.69) is 15.5 Å². The van der Waals surface area contributed by atoms with Gasteiger partial charge in [-0.2, -0.15) is 5.10 Å². The van der Waals surface area contributed by atoms with Crippen LogP contribution in [0.15, 0.2) is 36.4 Å². The van der Waals surface area contributed by atoms with Gasteiger partial charge in [-0.05, 0) is 36.2 Å². The number of benzene rings is 1. The van der Waals surface area contributed by atoms with Gasteiger partial charge in [0, 0.05) is 30.6 Å². The van der Waals surface area contributed by atoms with Crippen LogP contribution in [0, 0.1) is 0 Å². The van der Waals surface area contributed by atoms with Gasteiger partial charge in [-0.25, -0.2) is 0 Å². The molecule has 4 rings (SSSR count). The monoisotopic (exact) mass is 396 g/mol. The number of aromatic amines is 1. The van der Waals surface area contributed by atoms with Gasteiger partial charge in [-0.15, -0.1) is 11.3 Å². The van der Waals surface area contributed by atoms with Crippen molar-refractivity contribution in [1.82, 2.24) is 20.4 Å². The van der Waals surface area contributed by atoms with Gasteiger partial charge in [0.05, 0.1) is 17.7 Å². The van der Waals surface area contributed by atoms with Crippen LogP contribution in [0.3, 0.4) is 0 Å². The van der Waals surface area contributed by atoms with Crippen molar-refractivity contribution < 1.29 is 14.3 Å². The Bertz CT molecular complexity index is 1040. The summed E-state index contributed by atoms with van der Waals surface area (Å²) in [4.78, 5) is 28.4. The number of nitrogens with one attached hydrogen (secondary N) is 2. The van der Waals surface area contributed by atoms with E-state index in [0.717, 1.165) is 23.3 Å². The minimum absolute atomic E-state index is 0.0891. The predicted molar refractivity (Wildman–Crippen MR) is 107 cm³/mol. The number of fused-ring (bicyclic) bond motifs is 1. The third-order valence-electron chi connectivity index (χ3n) is 4.78. The van der Waals surface area contributed by atoms with Gasteiger partial charge in [-0.1, -0.05) is 12.1 Å². The SMILES string of the molecule is CNC(=O)c1cc2c(s1)CCN(C(=O)c1cc(-c3cccc(OC)c3)n[nH]1)C2. The van der Waals surface area contributed by atoms with E-state index in [4.69, 9.17) is 4.74 Å². The van der Waals surface area contributed by atoms with Crippen molar-refractivity contribution in [2.45, 2.75) is 13.0 Å². The number of rotatable bonds is 4. The van der Waals surface area contributed by atoms with Crippen molar-refractivity contribution in [1.29, 1.82) is 0 Å². The first-order valence-corrected chi connectivity index (χ1v) is 9.73. The van der Waals surface area contributed by atoms with Crippen molar-refractivity contribution in [3.63, 3.8) is 0 Å². The molecule has 28 heavy (non-hydrogen) atoms. The number of nitrogens with zero attached hydrogens (tertiary/aromatic N) is 2. The largest absolute Gasteiger partial charge is 0.497 e. The summed E-state index contributed by atoms with van der Waals surface area (Å²) in [6, 6.07) is 11.2. The van der Waals surface area contributed by atoms with Crippen LogP contribution in [0.4, 0.5) is 0 Å². The van der Waals surface area contributed by atoms with Gasteiger partial charge in [0.1, 0.15) is 11.4 Å². The highest BCUT2D eigenvalue weighted by Crippen LogP contribution is 2.29. The van der Waals surface area contributed by atoms with Crippen molar-refractivity contribution >= 4 is 23.2 Å². The minimum Gasteiger partial charge on any atom is -0.497 e. The average Bonchev–Trinajstić information content (AvgIpc) is 3.39. The van der Waals surface area contributed by atoms with E-state index in [1.807, 2.05) is 30.3 Å². The van der Waals surface area contributed by atoms with E-state index in [9.17, 15) is 9.59 Å². The highest BCUT2D eigenvalue weighted by Gasteiger charge is 2.26. The van der Waals surface area contributed by atoms with Crippen LogP contribution >= 0.6 is 11.3 Å². The number of H-pyrrole nitrogens is 1. The smallest absolute Gasteiger partial charge is 0.272 e. The van der Waals surface area contributed by atoms with Crippen molar-refractivity contribution in [2.24, 2.45) is 0 Å². The zero-order chi connectivity index (χ0) is 19.7. The molecule has 2 aromatic heterocycles. The van der Waals surface area contributed by atoms with Crippen LogP contribution < -0.4 is 10.1 Å². The number of methoxy groups -OCH3 is 1. The topological polar surface area (TPSA) is 87.3 Å². The third kappa shape index (κ3) is 3.38. The maximum absolute atomic E-state index is 12.9. The first-order valence-electron chi connectivity index (χ1n) is 8.92. The maximum Gasteiger partial charge on any atom is 0.272 e. The average molecular weight is 396 g/mol. The number of amides is 2. The highest BCUT2D eigenvalue weighted by molar-refractivity contribution is 7.14. The molecule has 0 saturated carbocycles. The van der Waals surface area contributed by atoms with Gasteiger partial charge in [0.25, 0.3) is 11.8 Å². The van der Waals surface area contributed by atoms with E-state index in [-0.39, 0.29) is 11.8 Å². The van der Waals surface area contributed by atoms with Gasteiger partial charge >= 0.3 is 0 Å². The molecule has 0 spiro atoms. The Kier molecular flexibility index (Phi) is 4.87. The fraction of sp³-hybridized carbons (Fsp3) is 0.250. The van der Waals surface area contributed by atoms with Crippen molar-refractivity contribution in [2.75, 3.05) is 20.7 Å². The predicted octanol–water partition coefficient (Wildman–Crippen LogP) is 2.70. The molecule has 0 saturated heterocycles. The number of hydrogen-bond donors (Lipinski definition) is 2. The molecule has 8 heteroatoms. The van der Waals surface area contributed by atoms with E-state index < -0.39 is 0 Å². The van der Waals surface area contributed by atoms with E-state index in [1.165, 1.54) is 16.2 Å². The number of carbonyl (C=O) groups excluding carboxylic acids is 2. The Labute approximate surface area is 166 Å². The van der Waals surface area contributed by atoms with Gasteiger partial charge in [0.15, 0.2) is 0 Å². The lowest BCUT2D eigenvalue weighted by atomic mass is 10.1. The van der Waals surface area contributed by atoms with Crippen LogP contribution in [-0.4, -0.2) is 47.6 Å². The van der Waals surface area contributed by atoms with E-state index >= 15 is 0 Å². The number of carbonyl (C=O) groups is 2. The number of aromatic nitrogens is 2. The summed E-state index contributed by atoms with van der Waals surface area (Å²) in [6.07, 6.45) is 0.750. The molecular weight excluding hydrogens is 376 g/mol. The first kappa shape index (κ1) is 18.2. The summed E-state index contributed by atoms with van der Waals surface area (Å²) in [5.41, 5.74) is 3.06. The van der Waals surface area contributed by atoms with Crippen LogP contribution in [0.2, 0.25) is 0 Å². The summed E-state index contributed by atoms with van der Waals surface area (Å²) in [7, 11) is 3.23. The Morgan fingerprint density at radius 3 is 2.93 bits per heavy atom. The second-order valence-corrected chi connectivity index (χ2v) is 7.65. The van der Waals surface area contributed by atoms with Crippen molar-refractivity contribution in [3.8, 4) is 17.0 Å². The number of ether oxygens (including phenoxy) is 1. The van der Waals surface area contributed by atoms with Crippen LogP contribution in [-0.2, 0) is 13.0 Å². The molecule has 3 aromatic rings. The summed E-state index contributed by atoms with van der Waals surface area (Å²) >= 11 is 1.50. The Balaban J connectivity index is 1.52. The third-order valence-corrected chi connectivity index (χ3v) is 6.01. The van der Waals surface area contributed by atoms with E-state index in [1.54, 1.807) is 25.1 Å². The summed E-state index contributed by atoms with van der Waals surface area (Å²) < 4.78 is 5.25. The molecule has 0 aliphatic carbocycles. The minimum atomic E-state index is -0.0972.